The Balaban J connectivity index is 1.77. The van der Waals surface area contributed by atoms with Gasteiger partial charge in [0.1, 0.15) is 0 Å². The van der Waals surface area contributed by atoms with Gasteiger partial charge in [-0.05, 0) is 40.8 Å². The third-order valence-corrected chi connectivity index (χ3v) is 5.32. The number of anilines is 2. The van der Waals surface area contributed by atoms with E-state index in [9.17, 15) is 9.59 Å². The number of amides is 2. The lowest BCUT2D eigenvalue weighted by Gasteiger charge is -2.25. The van der Waals surface area contributed by atoms with Crippen molar-refractivity contribution in [1.82, 2.24) is 0 Å². The van der Waals surface area contributed by atoms with Crippen LogP contribution in [0.25, 0.3) is 12.2 Å². The maximum absolute atomic E-state index is 12.5. The Morgan fingerprint density at radius 2 is 1.60 bits per heavy atom. The van der Waals surface area contributed by atoms with Crippen LogP contribution in [0.1, 0.15) is 42.1 Å². The van der Waals surface area contributed by atoms with Gasteiger partial charge in [-0.3, -0.25) is 9.59 Å². The van der Waals surface area contributed by atoms with Crippen LogP contribution in [0.2, 0.25) is 0 Å². The molecule has 4 rings (SSSR count). The summed E-state index contributed by atoms with van der Waals surface area (Å²) in [5.74, 6) is -0.153. The molecule has 3 aromatic rings. The van der Waals surface area contributed by atoms with Crippen LogP contribution in [0.3, 0.4) is 0 Å². The van der Waals surface area contributed by atoms with Gasteiger partial charge in [0, 0.05) is 19.5 Å². The first-order valence-electron chi connectivity index (χ1n) is 10.1. The van der Waals surface area contributed by atoms with Crippen LogP contribution in [0, 0.1) is 0 Å². The molecule has 1 N–H and O–H groups in total. The van der Waals surface area contributed by atoms with E-state index < -0.39 is 0 Å². The Hall–Kier alpha value is -3.66. The van der Waals surface area contributed by atoms with E-state index in [2.05, 4.69) is 23.5 Å². The molecule has 4 heteroatoms. The van der Waals surface area contributed by atoms with E-state index in [0.29, 0.717) is 5.69 Å². The van der Waals surface area contributed by atoms with Gasteiger partial charge in [0.2, 0.25) is 11.8 Å². The van der Waals surface area contributed by atoms with Crippen molar-refractivity contribution < 1.29 is 9.59 Å². The summed E-state index contributed by atoms with van der Waals surface area (Å²) in [6.07, 6.45) is 4.78. The first-order valence-corrected chi connectivity index (χ1v) is 10.1. The van der Waals surface area contributed by atoms with E-state index in [1.54, 1.807) is 6.92 Å². The maximum Gasteiger partial charge on any atom is 0.224 e. The van der Waals surface area contributed by atoms with Crippen LogP contribution < -0.4 is 10.2 Å². The number of fused-ring (bicyclic) bond motifs is 1. The van der Waals surface area contributed by atoms with Gasteiger partial charge in [-0.15, -0.1) is 0 Å². The summed E-state index contributed by atoms with van der Waals surface area (Å²) in [5.41, 5.74) is 5.77. The number of hydrogen-bond acceptors (Lipinski definition) is 2. The SMILES string of the molecule is CC(=O)Nc1cc2c(cc1/C=C/c1ccccc1)CC(c1ccccc1)N2C(C)=O. The fraction of sp³-hybridized carbons (Fsp3) is 0.154. The zero-order chi connectivity index (χ0) is 21.1. The minimum Gasteiger partial charge on any atom is -0.326 e. The van der Waals surface area contributed by atoms with Gasteiger partial charge in [0.05, 0.1) is 11.7 Å². The minimum absolute atomic E-state index is 0.0102. The van der Waals surface area contributed by atoms with Gasteiger partial charge in [0.15, 0.2) is 0 Å². The summed E-state index contributed by atoms with van der Waals surface area (Å²) in [4.78, 5) is 26.2. The second-order valence-corrected chi connectivity index (χ2v) is 7.51. The predicted molar refractivity (Wildman–Crippen MR) is 122 cm³/mol. The molecule has 1 atom stereocenters. The second-order valence-electron chi connectivity index (χ2n) is 7.51. The van der Waals surface area contributed by atoms with Crippen molar-refractivity contribution in [2.45, 2.75) is 26.3 Å². The van der Waals surface area contributed by atoms with Crippen molar-refractivity contribution in [3.63, 3.8) is 0 Å². The van der Waals surface area contributed by atoms with E-state index in [1.165, 1.54) is 6.92 Å². The Bertz CT molecular complexity index is 1100. The maximum atomic E-state index is 12.5. The zero-order valence-electron chi connectivity index (χ0n) is 17.1. The smallest absolute Gasteiger partial charge is 0.224 e. The fourth-order valence-corrected chi connectivity index (χ4v) is 4.02. The van der Waals surface area contributed by atoms with Gasteiger partial charge in [-0.1, -0.05) is 72.8 Å². The number of nitrogens with one attached hydrogen (secondary N) is 1. The second kappa shape index (κ2) is 8.37. The van der Waals surface area contributed by atoms with Crippen molar-refractivity contribution in [3.05, 3.63) is 95.1 Å². The molecule has 0 aliphatic carbocycles. The molecule has 0 radical (unpaired) electrons. The van der Waals surface area contributed by atoms with E-state index in [4.69, 9.17) is 0 Å². The monoisotopic (exact) mass is 396 g/mol. The first-order chi connectivity index (χ1) is 14.5. The summed E-state index contributed by atoms with van der Waals surface area (Å²) >= 11 is 0. The van der Waals surface area contributed by atoms with Gasteiger partial charge in [0.25, 0.3) is 0 Å². The highest BCUT2D eigenvalue weighted by Crippen LogP contribution is 2.43. The molecule has 0 fully saturated rings. The number of nitrogens with zero attached hydrogens (tertiary/aromatic N) is 1. The molecule has 1 heterocycles. The number of hydrogen-bond donors (Lipinski definition) is 1. The third-order valence-electron chi connectivity index (χ3n) is 5.32. The zero-order valence-corrected chi connectivity index (χ0v) is 17.1. The van der Waals surface area contributed by atoms with E-state index >= 15 is 0 Å². The predicted octanol–water partition coefficient (Wildman–Crippen LogP) is 5.47. The molecule has 150 valence electrons. The highest BCUT2D eigenvalue weighted by Gasteiger charge is 2.33. The first kappa shape index (κ1) is 19.6. The minimum atomic E-state index is -0.142. The fourth-order valence-electron chi connectivity index (χ4n) is 4.02. The van der Waals surface area contributed by atoms with Crippen LogP contribution in [-0.4, -0.2) is 11.8 Å². The summed E-state index contributed by atoms with van der Waals surface area (Å²) in [6.45, 7) is 3.08. The van der Waals surface area contributed by atoms with E-state index in [0.717, 1.165) is 34.4 Å². The lowest BCUT2D eigenvalue weighted by Crippen LogP contribution is -2.29. The molecule has 0 spiro atoms. The van der Waals surface area contributed by atoms with Gasteiger partial charge in [-0.2, -0.15) is 0 Å². The molecule has 30 heavy (non-hydrogen) atoms. The topological polar surface area (TPSA) is 49.4 Å². The standard InChI is InChI=1S/C26H24N2O2/c1-18(29)27-24-17-26-23(15-22(24)14-13-20-9-5-3-6-10-20)16-25(28(26)19(2)30)21-11-7-4-8-12-21/h3-15,17,25H,16H2,1-2H3,(H,27,29)/b14-13+. The Morgan fingerprint density at radius 3 is 2.23 bits per heavy atom. The van der Waals surface area contributed by atoms with Crippen LogP contribution >= 0.6 is 0 Å². The number of carbonyl (C=O) groups is 2. The van der Waals surface area contributed by atoms with Crippen molar-refractivity contribution in [1.29, 1.82) is 0 Å². The molecule has 1 aliphatic heterocycles. The van der Waals surface area contributed by atoms with Gasteiger partial charge >= 0.3 is 0 Å². The molecule has 1 aliphatic rings. The van der Waals surface area contributed by atoms with Gasteiger partial charge < -0.3 is 10.2 Å². The molecule has 0 saturated carbocycles. The third kappa shape index (κ3) is 4.03. The largest absolute Gasteiger partial charge is 0.326 e. The number of rotatable bonds is 4. The van der Waals surface area contributed by atoms with E-state index in [1.807, 2.05) is 71.6 Å². The molecular weight excluding hydrogens is 372 g/mol. The molecular formula is C26H24N2O2. The normalized spacial score (nSPS) is 15.3. The average molecular weight is 396 g/mol. The molecule has 3 aromatic carbocycles. The van der Waals surface area contributed by atoms with Crippen LogP contribution in [0.15, 0.2) is 72.8 Å². The van der Waals surface area contributed by atoms with Gasteiger partial charge in [-0.25, -0.2) is 0 Å². The molecule has 4 nitrogen and oxygen atoms in total. The van der Waals surface area contributed by atoms with Crippen LogP contribution in [0.4, 0.5) is 11.4 Å². The summed E-state index contributed by atoms with van der Waals surface area (Å²) in [6, 6.07) is 24.1. The molecule has 2 amide bonds. The molecule has 0 bridgehead atoms. The van der Waals surface area contributed by atoms with E-state index in [-0.39, 0.29) is 17.9 Å². The van der Waals surface area contributed by atoms with Crippen molar-refractivity contribution in [2.24, 2.45) is 0 Å². The number of benzene rings is 3. The summed E-state index contributed by atoms with van der Waals surface area (Å²) in [7, 11) is 0. The highest BCUT2D eigenvalue weighted by molar-refractivity contribution is 5.99. The van der Waals surface area contributed by atoms with Crippen LogP contribution in [0.5, 0.6) is 0 Å². The van der Waals surface area contributed by atoms with Crippen molar-refractivity contribution in [2.75, 3.05) is 10.2 Å². The highest BCUT2D eigenvalue weighted by atomic mass is 16.2. The lowest BCUT2D eigenvalue weighted by atomic mass is 10.0. The van der Waals surface area contributed by atoms with Crippen molar-refractivity contribution in [3.8, 4) is 0 Å². The van der Waals surface area contributed by atoms with Crippen molar-refractivity contribution >= 4 is 35.3 Å². The summed E-state index contributed by atoms with van der Waals surface area (Å²) in [5, 5.41) is 2.93. The molecule has 1 unspecified atom stereocenters. The summed E-state index contributed by atoms with van der Waals surface area (Å²) < 4.78 is 0. The Labute approximate surface area is 176 Å². The average Bonchev–Trinajstić information content (AvgIpc) is 3.11. The molecule has 0 saturated heterocycles. The number of carbonyl (C=O) groups excluding carboxylic acids is 2. The molecule has 0 aromatic heterocycles. The quantitative estimate of drug-likeness (QED) is 0.595. The Morgan fingerprint density at radius 1 is 0.933 bits per heavy atom. The lowest BCUT2D eigenvalue weighted by molar-refractivity contribution is -0.117. The van der Waals surface area contributed by atoms with Crippen LogP contribution in [-0.2, 0) is 16.0 Å². The Kier molecular flexibility index (Phi) is 5.48.